The highest BCUT2D eigenvalue weighted by Gasteiger charge is 2.22. The minimum absolute atomic E-state index is 0.295. The molecule has 6 nitrogen and oxygen atoms in total. The molecule has 0 bridgehead atoms. The van der Waals surface area contributed by atoms with Gasteiger partial charge in [-0.3, -0.25) is 0 Å². The topological polar surface area (TPSA) is 69.8 Å². The van der Waals surface area contributed by atoms with Crippen LogP contribution in [-0.4, -0.2) is 38.9 Å². The fraction of sp³-hybridized carbons (Fsp3) is 0.250. The Bertz CT molecular complexity index is 928. The molecule has 0 amide bonds. The minimum atomic E-state index is -0.410. The molecule has 0 fully saturated rings. The predicted octanol–water partition coefficient (Wildman–Crippen LogP) is 4.04. The van der Waals surface area contributed by atoms with Crippen LogP contribution in [0.2, 0.25) is 0 Å². The first kappa shape index (κ1) is 17.7. The van der Waals surface area contributed by atoms with Gasteiger partial charge in [-0.2, -0.15) is 0 Å². The average molecular weight is 355 g/mol. The van der Waals surface area contributed by atoms with Gasteiger partial charge in [-0.25, -0.2) is 4.79 Å². The lowest BCUT2D eigenvalue weighted by molar-refractivity contribution is 0.0521. The Balaban J connectivity index is 2.27. The second-order valence-electron chi connectivity index (χ2n) is 5.58. The first-order valence-electron chi connectivity index (χ1n) is 8.22. The summed E-state index contributed by atoms with van der Waals surface area (Å²) in [7, 11) is 4.76. The van der Waals surface area contributed by atoms with E-state index in [1.807, 2.05) is 36.4 Å². The monoisotopic (exact) mass is 355 g/mol. The molecular formula is C20H21NO5. The molecule has 0 saturated carbocycles. The highest BCUT2D eigenvalue weighted by Crippen LogP contribution is 2.39. The maximum Gasteiger partial charge on any atom is 0.355 e. The summed E-state index contributed by atoms with van der Waals surface area (Å²) in [5, 5.41) is 0.843. The van der Waals surface area contributed by atoms with E-state index in [2.05, 4.69) is 4.98 Å². The number of carbonyl (C=O) groups is 1. The van der Waals surface area contributed by atoms with E-state index in [4.69, 9.17) is 18.9 Å². The van der Waals surface area contributed by atoms with Gasteiger partial charge >= 0.3 is 5.97 Å². The highest BCUT2D eigenvalue weighted by molar-refractivity contribution is 6.08. The number of fused-ring (bicyclic) bond motifs is 1. The van der Waals surface area contributed by atoms with Gasteiger partial charge in [0.1, 0.15) is 11.4 Å². The molecule has 1 heterocycles. The smallest absolute Gasteiger partial charge is 0.355 e. The van der Waals surface area contributed by atoms with E-state index in [0.29, 0.717) is 23.8 Å². The summed E-state index contributed by atoms with van der Waals surface area (Å²) >= 11 is 0. The summed E-state index contributed by atoms with van der Waals surface area (Å²) in [6.45, 7) is 2.07. The molecule has 1 N–H and O–H groups in total. The number of H-pyrrole nitrogens is 1. The molecular weight excluding hydrogens is 334 g/mol. The second-order valence-corrected chi connectivity index (χ2v) is 5.58. The zero-order chi connectivity index (χ0) is 18.7. The molecule has 26 heavy (non-hydrogen) atoms. The summed E-state index contributed by atoms with van der Waals surface area (Å²) in [6.07, 6.45) is 0. The number of rotatable bonds is 6. The quantitative estimate of drug-likeness (QED) is 0.676. The van der Waals surface area contributed by atoms with Crippen molar-refractivity contribution in [2.24, 2.45) is 0 Å². The number of nitrogens with one attached hydrogen (secondary N) is 1. The highest BCUT2D eigenvalue weighted by atomic mass is 16.5. The van der Waals surface area contributed by atoms with E-state index in [1.54, 1.807) is 28.3 Å². The first-order chi connectivity index (χ1) is 12.6. The number of aromatic nitrogens is 1. The number of benzene rings is 2. The molecule has 3 rings (SSSR count). The number of hydrogen-bond donors (Lipinski definition) is 1. The Morgan fingerprint density at radius 3 is 2.19 bits per heavy atom. The molecule has 1 aromatic heterocycles. The number of aromatic amines is 1. The Hall–Kier alpha value is -3.15. The largest absolute Gasteiger partial charge is 0.497 e. The second kappa shape index (κ2) is 7.39. The maximum absolute atomic E-state index is 12.5. The van der Waals surface area contributed by atoms with Gasteiger partial charge < -0.3 is 23.9 Å². The van der Waals surface area contributed by atoms with Crippen LogP contribution in [0.3, 0.4) is 0 Å². The standard InChI is InChI=1S/C20H21NO5/c1-5-26-20(22)19-18(12-6-8-13(23-2)9-7-12)14-10-16(24-3)17(25-4)11-15(14)21-19/h6-11,21H,5H2,1-4H3. The molecule has 3 aromatic rings. The number of esters is 1. The molecule has 0 unspecified atom stereocenters. The van der Waals surface area contributed by atoms with Gasteiger partial charge in [0, 0.05) is 17.0 Å². The fourth-order valence-corrected chi connectivity index (χ4v) is 2.93. The van der Waals surface area contributed by atoms with E-state index in [9.17, 15) is 4.79 Å². The maximum atomic E-state index is 12.5. The van der Waals surface area contributed by atoms with Crippen LogP contribution in [0, 0.1) is 0 Å². The zero-order valence-electron chi connectivity index (χ0n) is 15.2. The number of hydrogen-bond acceptors (Lipinski definition) is 5. The van der Waals surface area contributed by atoms with Gasteiger partial charge in [0.25, 0.3) is 0 Å². The van der Waals surface area contributed by atoms with Crippen molar-refractivity contribution in [1.82, 2.24) is 4.98 Å². The van der Waals surface area contributed by atoms with Gasteiger partial charge in [0.05, 0.1) is 33.5 Å². The lowest BCUT2D eigenvalue weighted by Gasteiger charge is -2.09. The predicted molar refractivity (Wildman–Crippen MR) is 99.3 cm³/mol. The molecule has 0 aliphatic carbocycles. The fourth-order valence-electron chi connectivity index (χ4n) is 2.93. The third-order valence-electron chi connectivity index (χ3n) is 4.16. The molecule has 0 radical (unpaired) electrons. The summed E-state index contributed by atoms with van der Waals surface area (Å²) in [6, 6.07) is 11.2. The number of carbonyl (C=O) groups excluding carboxylic acids is 1. The molecule has 0 atom stereocenters. The molecule has 6 heteroatoms. The van der Waals surface area contributed by atoms with E-state index >= 15 is 0 Å². The van der Waals surface area contributed by atoms with E-state index in [0.717, 1.165) is 27.8 Å². The lowest BCUT2D eigenvalue weighted by atomic mass is 10.0. The van der Waals surface area contributed by atoms with Gasteiger partial charge in [-0.15, -0.1) is 0 Å². The van der Waals surface area contributed by atoms with Crippen molar-refractivity contribution in [3.8, 4) is 28.4 Å². The van der Waals surface area contributed by atoms with Gasteiger partial charge in [0.15, 0.2) is 11.5 Å². The van der Waals surface area contributed by atoms with Crippen molar-refractivity contribution in [1.29, 1.82) is 0 Å². The molecule has 2 aromatic carbocycles. The third-order valence-corrected chi connectivity index (χ3v) is 4.16. The van der Waals surface area contributed by atoms with Crippen LogP contribution >= 0.6 is 0 Å². The Morgan fingerprint density at radius 2 is 1.62 bits per heavy atom. The Kier molecular flexibility index (Phi) is 5.02. The van der Waals surface area contributed by atoms with Crippen LogP contribution in [0.4, 0.5) is 0 Å². The van der Waals surface area contributed by atoms with Gasteiger partial charge in [-0.05, 0) is 30.7 Å². The minimum Gasteiger partial charge on any atom is -0.497 e. The Morgan fingerprint density at radius 1 is 0.962 bits per heavy atom. The average Bonchev–Trinajstić information content (AvgIpc) is 3.05. The van der Waals surface area contributed by atoms with Crippen molar-refractivity contribution in [3.63, 3.8) is 0 Å². The van der Waals surface area contributed by atoms with Crippen LogP contribution in [0.15, 0.2) is 36.4 Å². The third kappa shape index (κ3) is 3.06. The molecule has 0 saturated heterocycles. The van der Waals surface area contributed by atoms with Crippen molar-refractivity contribution >= 4 is 16.9 Å². The lowest BCUT2D eigenvalue weighted by Crippen LogP contribution is -2.06. The summed E-state index contributed by atoms with van der Waals surface area (Å²) in [5.41, 5.74) is 2.77. The molecule has 136 valence electrons. The van der Waals surface area contributed by atoms with Crippen LogP contribution < -0.4 is 14.2 Å². The van der Waals surface area contributed by atoms with Crippen molar-refractivity contribution in [2.75, 3.05) is 27.9 Å². The number of methoxy groups -OCH3 is 3. The van der Waals surface area contributed by atoms with Crippen LogP contribution in [0.1, 0.15) is 17.4 Å². The summed E-state index contributed by atoms with van der Waals surface area (Å²) in [5.74, 6) is 1.50. The van der Waals surface area contributed by atoms with Crippen molar-refractivity contribution < 1.29 is 23.7 Å². The van der Waals surface area contributed by atoms with Gasteiger partial charge in [-0.1, -0.05) is 12.1 Å². The normalized spacial score (nSPS) is 10.6. The van der Waals surface area contributed by atoms with E-state index in [-0.39, 0.29) is 0 Å². The SMILES string of the molecule is CCOC(=O)c1[nH]c2cc(OC)c(OC)cc2c1-c1ccc(OC)cc1. The summed E-state index contributed by atoms with van der Waals surface area (Å²) < 4.78 is 21.2. The van der Waals surface area contributed by atoms with Crippen molar-refractivity contribution in [3.05, 3.63) is 42.1 Å². The van der Waals surface area contributed by atoms with E-state index in [1.165, 1.54) is 0 Å². The Labute approximate surface area is 151 Å². The molecule has 0 spiro atoms. The van der Waals surface area contributed by atoms with Crippen molar-refractivity contribution in [2.45, 2.75) is 6.92 Å². The molecule has 0 aliphatic rings. The first-order valence-corrected chi connectivity index (χ1v) is 8.22. The van der Waals surface area contributed by atoms with Crippen LogP contribution in [0.5, 0.6) is 17.2 Å². The number of ether oxygens (including phenoxy) is 4. The van der Waals surface area contributed by atoms with Crippen LogP contribution in [0.25, 0.3) is 22.0 Å². The van der Waals surface area contributed by atoms with Gasteiger partial charge in [0.2, 0.25) is 0 Å². The zero-order valence-corrected chi connectivity index (χ0v) is 15.2. The summed E-state index contributed by atoms with van der Waals surface area (Å²) in [4.78, 5) is 15.7. The molecule has 0 aliphatic heterocycles. The van der Waals surface area contributed by atoms with Crippen LogP contribution in [-0.2, 0) is 4.74 Å². The van der Waals surface area contributed by atoms with E-state index < -0.39 is 5.97 Å².